The number of hydrogen-bond donors (Lipinski definition) is 0. The summed E-state index contributed by atoms with van der Waals surface area (Å²) in [4.78, 5) is 11.3. The standard InChI is InChI=1S/C16H22N4/c1-13-10-14(5-6-17-13)15-4-3-8-20(11-15)12-16-18-7-9-19(16)2/h5-7,9-10,15H,3-4,8,11-12H2,1-2H3. The zero-order valence-electron chi connectivity index (χ0n) is 12.3. The van der Waals surface area contributed by atoms with E-state index in [9.17, 15) is 0 Å². The second-order valence-corrected chi connectivity index (χ2v) is 5.76. The lowest BCUT2D eigenvalue weighted by Gasteiger charge is -2.32. The van der Waals surface area contributed by atoms with Crippen LogP contribution in [0.1, 0.15) is 35.8 Å². The first kappa shape index (κ1) is 13.3. The van der Waals surface area contributed by atoms with E-state index in [1.807, 2.05) is 18.6 Å². The van der Waals surface area contributed by atoms with Crippen LogP contribution in [0.4, 0.5) is 0 Å². The van der Waals surface area contributed by atoms with Gasteiger partial charge in [-0.15, -0.1) is 0 Å². The van der Waals surface area contributed by atoms with Crippen molar-refractivity contribution in [2.75, 3.05) is 13.1 Å². The van der Waals surface area contributed by atoms with Gasteiger partial charge in [0.2, 0.25) is 0 Å². The molecule has 20 heavy (non-hydrogen) atoms. The van der Waals surface area contributed by atoms with Crippen molar-refractivity contribution in [1.29, 1.82) is 0 Å². The molecule has 0 aliphatic carbocycles. The molecule has 1 unspecified atom stereocenters. The smallest absolute Gasteiger partial charge is 0.122 e. The molecule has 4 heteroatoms. The van der Waals surface area contributed by atoms with Gasteiger partial charge in [0.25, 0.3) is 0 Å². The molecule has 1 aliphatic rings. The van der Waals surface area contributed by atoms with Gasteiger partial charge in [0.15, 0.2) is 0 Å². The Labute approximate surface area is 120 Å². The number of pyridine rings is 1. The van der Waals surface area contributed by atoms with Crippen LogP contribution in [0.2, 0.25) is 0 Å². The van der Waals surface area contributed by atoms with Gasteiger partial charge in [-0.05, 0) is 49.9 Å². The van der Waals surface area contributed by atoms with Crippen molar-refractivity contribution in [3.63, 3.8) is 0 Å². The first-order valence-corrected chi connectivity index (χ1v) is 7.33. The van der Waals surface area contributed by atoms with E-state index >= 15 is 0 Å². The Balaban J connectivity index is 1.69. The molecule has 0 radical (unpaired) electrons. The Morgan fingerprint density at radius 1 is 1.30 bits per heavy atom. The zero-order chi connectivity index (χ0) is 13.9. The van der Waals surface area contributed by atoms with Crippen LogP contribution in [0, 0.1) is 6.92 Å². The van der Waals surface area contributed by atoms with Crippen molar-refractivity contribution in [2.24, 2.45) is 7.05 Å². The molecule has 2 aromatic rings. The molecule has 0 saturated carbocycles. The summed E-state index contributed by atoms with van der Waals surface area (Å²) in [7, 11) is 2.07. The molecule has 0 aromatic carbocycles. The second-order valence-electron chi connectivity index (χ2n) is 5.76. The maximum absolute atomic E-state index is 4.43. The van der Waals surface area contributed by atoms with Gasteiger partial charge in [-0.25, -0.2) is 4.98 Å². The van der Waals surface area contributed by atoms with Crippen molar-refractivity contribution in [3.8, 4) is 0 Å². The number of piperidine rings is 1. The largest absolute Gasteiger partial charge is 0.337 e. The highest BCUT2D eigenvalue weighted by molar-refractivity contribution is 5.21. The fraction of sp³-hybridized carbons (Fsp3) is 0.500. The summed E-state index contributed by atoms with van der Waals surface area (Å²) in [5.74, 6) is 1.78. The Hall–Kier alpha value is -1.68. The van der Waals surface area contributed by atoms with Crippen molar-refractivity contribution >= 4 is 0 Å². The number of aryl methyl sites for hydroxylation is 2. The number of rotatable bonds is 3. The Bertz CT molecular complexity index is 575. The summed E-state index contributed by atoms with van der Waals surface area (Å²) >= 11 is 0. The maximum Gasteiger partial charge on any atom is 0.122 e. The molecule has 1 atom stereocenters. The highest BCUT2D eigenvalue weighted by atomic mass is 15.2. The molecular formula is C16H22N4. The quantitative estimate of drug-likeness (QED) is 0.859. The average Bonchev–Trinajstić information content (AvgIpc) is 2.85. The van der Waals surface area contributed by atoms with Gasteiger partial charge in [-0.1, -0.05) is 0 Å². The minimum atomic E-state index is 0.630. The summed E-state index contributed by atoms with van der Waals surface area (Å²) in [6, 6.07) is 4.40. The molecule has 2 aromatic heterocycles. The summed E-state index contributed by atoms with van der Waals surface area (Å²) in [5.41, 5.74) is 2.55. The molecule has 106 valence electrons. The Morgan fingerprint density at radius 2 is 2.20 bits per heavy atom. The highest BCUT2D eigenvalue weighted by Crippen LogP contribution is 2.27. The van der Waals surface area contributed by atoms with Gasteiger partial charge in [-0.3, -0.25) is 9.88 Å². The SMILES string of the molecule is Cc1cc(C2CCCN(Cc3nccn3C)C2)ccn1. The number of aromatic nitrogens is 3. The van der Waals surface area contributed by atoms with Crippen LogP contribution >= 0.6 is 0 Å². The fourth-order valence-electron chi connectivity index (χ4n) is 3.04. The minimum absolute atomic E-state index is 0.630. The molecule has 0 bridgehead atoms. The number of likely N-dealkylation sites (tertiary alicyclic amines) is 1. The molecule has 4 nitrogen and oxygen atoms in total. The summed E-state index contributed by atoms with van der Waals surface area (Å²) in [5, 5.41) is 0. The third kappa shape index (κ3) is 2.90. The summed E-state index contributed by atoms with van der Waals surface area (Å²) < 4.78 is 2.11. The van der Waals surface area contributed by atoms with Crippen molar-refractivity contribution < 1.29 is 0 Å². The molecule has 0 spiro atoms. The molecule has 1 saturated heterocycles. The number of nitrogens with zero attached hydrogens (tertiary/aromatic N) is 4. The van der Waals surface area contributed by atoms with Gasteiger partial charge < -0.3 is 4.57 Å². The van der Waals surface area contributed by atoms with E-state index in [1.54, 1.807) is 0 Å². The third-order valence-electron chi connectivity index (χ3n) is 4.18. The first-order valence-electron chi connectivity index (χ1n) is 7.33. The first-order chi connectivity index (χ1) is 9.72. The van der Waals surface area contributed by atoms with Crippen LogP contribution in [0.5, 0.6) is 0 Å². The normalized spacial score (nSPS) is 20.2. The molecule has 3 heterocycles. The monoisotopic (exact) mass is 270 g/mol. The summed E-state index contributed by atoms with van der Waals surface area (Å²) in [6.45, 7) is 5.31. The van der Waals surface area contributed by atoms with Gasteiger partial charge in [0, 0.05) is 37.9 Å². The van der Waals surface area contributed by atoms with E-state index < -0.39 is 0 Å². The Kier molecular flexibility index (Phi) is 3.83. The third-order valence-corrected chi connectivity index (χ3v) is 4.18. The molecular weight excluding hydrogens is 248 g/mol. The van der Waals surface area contributed by atoms with E-state index in [2.05, 4.69) is 45.5 Å². The predicted octanol–water partition coefficient (Wildman–Crippen LogP) is 2.50. The average molecular weight is 270 g/mol. The van der Waals surface area contributed by atoms with E-state index in [0.29, 0.717) is 5.92 Å². The van der Waals surface area contributed by atoms with E-state index in [-0.39, 0.29) is 0 Å². The van der Waals surface area contributed by atoms with E-state index in [4.69, 9.17) is 0 Å². The van der Waals surface area contributed by atoms with Crippen LogP contribution in [0.15, 0.2) is 30.7 Å². The van der Waals surface area contributed by atoms with Gasteiger partial charge in [0.1, 0.15) is 5.82 Å². The van der Waals surface area contributed by atoms with E-state index in [0.717, 1.165) is 24.6 Å². The molecule has 1 fully saturated rings. The topological polar surface area (TPSA) is 34.0 Å². The van der Waals surface area contributed by atoms with Crippen LogP contribution < -0.4 is 0 Å². The molecule has 0 N–H and O–H groups in total. The highest BCUT2D eigenvalue weighted by Gasteiger charge is 2.22. The second kappa shape index (κ2) is 5.75. The fourth-order valence-corrected chi connectivity index (χ4v) is 3.04. The maximum atomic E-state index is 4.43. The molecule has 3 rings (SSSR count). The van der Waals surface area contributed by atoms with Crippen molar-refractivity contribution in [3.05, 3.63) is 47.8 Å². The minimum Gasteiger partial charge on any atom is -0.337 e. The number of hydrogen-bond acceptors (Lipinski definition) is 3. The van der Waals surface area contributed by atoms with Crippen LogP contribution in [-0.2, 0) is 13.6 Å². The molecule has 1 aliphatic heterocycles. The zero-order valence-corrected chi connectivity index (χ0v) is 12.3. The lowest BCUT2D eigenvalue weighted by Crippen LogP contribution is -2.34. The predicted molar refractivity (Wildman–Crippen MR) is 79.4 cm³/mol. The van der Waals surface area contributed by atoms with Gasteiger partial charge in [0.05, 0.1) is 6.54 Å². The van der Waals surface area contributed by atoms with Crippen LogP contribution in [0.25, 0.3) is 0 Å². The number of imidazole rings is 1. The Morgan fingerprint density at radius 3 is 2.95 bits per heavy atom. The lowest BCUT2D eigenvalue weighted by atomic mass is 9.91. The molecule has 0 amide bonds. The van der Waals surface area contributed by atoms with Gasteiger partial charge in [-0.2, -0.15) is 0 Å². The summed E-state index contributed by atoms with van der Waals surface area (Å²) in [6.07, 6.45) is 8.37. The van der Waals surface area contributed by atoms with Crippen molar-refractivity contribution in [1.82, 2.24) is 19.4 Å². The lowest BCUT2D eigenvalue weighted by molar-refractivity contribution is 0.194. The van der Waals surface area contributed by atoms with Crippen LogP contribution in [-0.4, -0.2) is 32.5 Å². The van der Waals surface area contributed by atoms with Gasteiger partial charge >= 0.3 is 0 Å². The van der Waals surface area contributed by atoms with Crippen LogP contribution in [0.3, 0.4) is 0 Å². The van der Waals surface area contributed by atoms with Crippen molar-refractivity contribution in [2.45, 2.75) is 32.2 Å². The van der Waals surface area contributed by atoms with E-state index in [1.165, 1.54) is 24.9 Å².